The molecule has 8 nitrogen and oxygen atoms in total. The molecule has 0 spiro atoms. The molecular weight excluding hydrogens is 438 g/mol. The molecule has 0 saturated carbocycles. The number of pyridine rings is 1. The van der Waals surface area contributed by atoms with Crippen molar-refractivity contribution in [3.63, 3.8) is 0 Å². The number of nitriles is 1. The number of thiazole rings is 1. The second-order valence-electron chi connectivity index (χ2n) is 8.05. The average Bonchev–Trinajstić information content (AvgIpc) is 3.47. The first kappa shape index (κ1) is 21.3. The minimum atomic E-state index is -0.540. The molecule has 0 bridgehead atoms. The van der Waals surface area contributed by atoms with Crippen LogP contribution in [-0.4, -0.2) is 38.7 Å². The number of carbonyl (C=O) groups excluding carboxylic acids is 1. The maximum atomic E-state index is 11.7. The Bertz CT molecular complexity index is 1380. The van der Waals surface area contributed by atoms with Crippen LogP contribution >= 0.6 is 11.3 Å². The molecule has 1 fully saturated rings. The molecule has 4 heterocycles. The Balaban J connectivity index is 1.58. The van der Waals surface area contributed by atoms with Gasteiger partial charge in [0.15, 0.2) is 0 Å². The third-order valence-corrected chi connectivity index (χ3v) is 7.28. The van der Waals surface area contributed by atoms with Crippen LogP contribution in [0.1, 0.15) is 45.0 Å². The lowest BCUT2D eigenvalue weighted by molar-refractivity contribution is 0.0629. The van der Waals surface area contributed by atoms with Crippen molar-refractivity contribution in [2.24, 2.45) is 0 Å². The highest BCUT2D eigenvalue weighted by Gasteiger charge is 2.39. The monoisotopic (exact) mass is 459 g/mol. The van der Waals surface area contributed by atoms with Crippen LogP contribution in [0.3, 0.4) is 0 Å². The van der Waals surface area contributed by atoms with Gasteiger partial charge in [0, 0.05) is 30.4 Å². The van der Waals surface area contributed by atoms with Gasteiger partial charge in [0.05, 0.1) is 28.4 Å². The molecule has 5 rings (SSSR count). The van der Waals surface area contributed by atoms with Crippen LogP contribution in [-0.2, 0) is 10.2 Å². The summed E-state index contributed by atoms with van der Waals surface area (Å²) in [5.74, 6) is -0.540. The first-order valence-electron chi connectivity index (χ1n) is 10.5. The summed E-state index contributed by atoms with van der Waals surface area (Å²) in [7, 11) is 0. The summed E-state index contributed by atoms with van der Waals surface area (Å²) in [6, 6.07) is 13.0. The zero-order valence-electron chi connectivity index (χ0n) is 17.9. The maximum Gasteiger partial charge on any atom is 0.274 e. The Labute approximate surface area is 194 Å². The Morgan fingerprint density at radius 3 is 2.70 bits per heavy atom. The van der Waals surface area contributed by atoms with Crippen LogP contribution < -0.4 is 5.48 Å². The molecule has 1 amide bonds. The number of imidazole rings is 1. The Hall–Kier alpha value is -3.58. The van der Waals surface area contributed by atoms with E-state index < -0.39 is 5.91 Å². The molecule has 0 unspecified atom stereocenters. The highest BCUT2D eigenvalue weighted by molar-refractivity contribution is 7.10. The third-order valence-electron chi connectivity index (χ3n) is 6.23. The van der Waals surface area contributed by atoms with Gasteiger partial charge >= 0.3 is 0 Å². The smallest absolute Gasteiger partial charge is 0.274 e. The minimum Gasteiger partial charge on any atom is -0.381 e. The van der Waals surface area contributed by atoms with Gasteiger partial charge in [0.1, 0.15) is 16.3 Å². The summed E-state index contributed by atoms with van der Waals surface area (Å²) in [6.07, 6.45) is 3.42. The molecule has 0 aliphatic carbocycles. The number of aromatic nitrogens is 3. The number of benzene rings is 1. The zero-order valence-corrected chi connectivity index (χ0v) is 18.7. The van der Waals surface area contributed by atoms with Crippen molar-refractivity contribution in [1.29, 1.82) is 5.26 Å². The van der Waals surface area contributed by atoms with Crippen molar-refractivity contribution in [2.75, 3.05) is 13.2 Å². The topological polar surface area (TPSA) is 113 Å². The number of aryl methyl sites for hydroxylation is 1. The lowest BCUT2D eigenvalue weighted by atomic mass is 9.74. The molecule has 0 radical (unpaired) electrons. The van der Waals surface area contributed by atoms with Crippen LogP contribution in [0.4, 0.5) is 0 Å². The minimum absolute atomic E-state index is 0.322. The van der Waals surface area contributed by atoms with Crippen molar-refractivity contribution in [1.82, 2.24) is 19.8 Å². The average molecular weight is 460 g/mol. The predicted octanol–water partition coefficient (Wildman–Crippen LogP) is 3.85. The number of hydroxylamine groups is 1. The number of ether oxygens (including phenoxy) is 1. The number of nitrogens with zero attached hydrogens (tertiary/aromatic N) is 4. The van der Waals surface area contributed by atoms with Crippen molar-refractivity contribution in [3.8, 4) is 17.5 Å². The van der Waals surface area contributed by atoms with Gasteiger partial charge in [-0.25, -0.2) is 15.4 Å². The number of rotatable bonds is 4. The fraction of sp³-hybridized carbons (Fsp3) is 0.250. The molecule has 1 aliphatic heterocycles. The number of carbonyl (C=O) groups is 1. The Morgan fingerprint density at radius 2 is 2.00 bits per heavy atom. The van der Waals surface area contributed by atoms with Gasteiger partial charge in [-0.15, -0.1) is 11.3 Å². The van der Waals surface area contributed by atoms with E-state index in [-0.39, 0.29) is 5.41 Å². The van der Waals surface area contributed by atoms with Gasteiger partial charge in [-0.2, -0.15) is 5.26 Å². The fourth-order valence-electron chi connectivity index (χ4n) is 4.49. The zero-order chi connectivity index (χ0) is 23.0. The van der Waals surface area contributed by atoms with Gasteiger partial charge in [-0.05, 0) is 49.6 Å². The Morgan fingerprint density at radius 1 is 1.24 bits per heavy atom. The van der Waals surface area contributed by atoms with E-state index in [1.54, 1.807) is 41.1 Å². The highest BCUT2D eigenvalue weighted by Crippen LogP contribution is 2.44. The summed E-state index contributed by atoms with van der Waals surface area (Å²) in [5.41, 5.74) is 6.69. The normalized spacial score (nSPS) is 15.3. The van der Waals surface area contributed by atoms with E-state index in [2.05, 4.69) is 16.4 Å². The number of hydrogen-bond donors (Lipinski definition) is 2. The molecule has 4 aromatic rings. The second-order valence-corrected chi connectivity index (χ2v) is 8.91. The van der Waals surface area contributed by atoms with E-state index >= 15 is 0 Å². The van der Waals surface area contributed by atoms with Gasteiger partial charge in [-0.1, -0.05) is 12.1 Å². The molecule has 1 aromatic carbocycles. The van der Waals surface area contributed by atoms with Gasteiger partial charge in [0.2, 0.25) is 0 Å². The first-order chi connectivity index (χ1) is 16.1. The van der Waals surface area contributed by atoms with E-state index in [4.69, 9.17) is 14.9 Å². The van der Waals surface area contributed by atoms with Crippen LogP contribution in [0.15, 0.2) is 48.0 Å². The summed E-state index contributed by atoms with van der Waals surface area (Å²) in [6.45, 7) is 3.20. The molecule has 9 heteroatoms. The van der Waals surface area contributed by atoms with E-state index in [1.807, 2.05) is 29.7 Å². The van der Waals surface area contributed by atoms with Crippen LogP contribution in [0, 0.1) is 18.3 Å². The summed E-state index contributed by atoms with van der Waals surface area (Å²) in [5, 5.41) is 21.1. The number of amides is 1. The summed E-state index contributed by atoms with van der Waals surface area (Å²) in [4.78, 5) is 21.4. The lowest BCUT2D eigenvalue weighted by Crippen LogP contribution is -2.35. The lowest BCUT2D eigenvalue weighted by Gasteiger charge is -2.36. The predicted molar refractivity (Wildman–Crippen MR) is 122 cm³/mol. The molecule has 33 heavy (non-hydrogen) atoms. The van der Waals surface area contributed by atoms with Crippen LogP contribution in [0.2, 0.25) is 0 Å². The van der Waals surface area contributed by atoms with E-state index in [9.17, 15) is 10.1 Å². The first-order valence-corrected chi connectivity index (χ1v) is 11.4. The highest BCUT2D eigenvalue weighted by atomic mass is 32.1. The molecule has 166 valence electrons. The summed E-state index contributed by atoms with van der Waals surface area (Å²) >= 11 is 1.61. The van der Waals surface area contributed by atoms with Crippen molar-refractivity contribution in [2.45, 2.75) is 25.2 Å². The largest absolute Gasteiger partial charge is 0.381 e. The van der Waals surface area contributed by atoms with Gasteiger partial charge in [-0.3, -0.25) is 14.4 Å². The molecule has 2 N–H and O–H groups in total. The molecule has 0 atom stereocenters. The van der Waals surface area contributed by atoms with Crippen molar-refractivity contribution >= 4 is 22.9 Å². The number of hydrogen-bond acceptors (Lipinski definition) is 7. The Kier molecular flexibility index (Phi) is 5.42. The second kappa shape index (κ2) is 8.41. The van der Waals surface area contributed by atoms with Crippen LogP contribution in [0.25, 0.3) is 17.0 Å². The van der Waals surface area contributed by atoms with Crippen molar-refractivity contribution in [3.05, 3.63) is 75.4 Å². The van der Waals surface area contributed by atoms with E-state index in [1.165, 1.54) is 0 Å². The van der Waals surface area contributed by atoms with Gasteiger partial charge in [0.25, 0.3) is 5.91 Å². The van der Waals surface area contributed by atoms with Crippen molar-refractivity contribution < 1.29 is 14.7 Å². The van der Waals surface area contributed by atoms with Gasteiger partial charge < -0.3 is 4.74 Å². The fourth-order valence-corrected chi connectivity index (χ4v) is 5.58. The maximum absolute atomic E-state index is 11.7. The SMILES string of the molecule is Cc1nc2cc(C#N)ccn2c1-c1csc(C2(c3ccc(C(=O)NO)cc3)CCOCC2)n1. The molecule has 1 saturated heterocycles. The quantitative estimate of drug-likeness (QED) is 0.354. The molecular formula is C24H21N5O3S. The number of nitrogens with one attached hydrogen (secondary N) is 1. The van der Waals surface area contributed by atoms with E-state index in [0.29, 0.717) is 24.3 Å². The standard InChI is InChI=1S/C24H21N5O3S/c1-15-21(29-9-6-16(13-25)12-20(29)26-15)19-14-33-23(27-19)24(7-10-32-11-8-24)18-4-2-17(3-5-18)22(30)28-31/h2-6,9,12,14,31H,7-8,10-11H2,1H3,(H,28,30). The molecule has 1 aliphatic rings. The molecule has 3 aromatic heterocycles. The third kappa shape index (κ3) is 3.58. The van der Waals surface area contributed by atoms with Crippen LogP contribution in [0.5, 0.6) is 0 Å². The van der Waals surface area contributed by atoms with E-state index in [0.717, 1.165) is 46.1 Å². The number of fused-ring (bicyclic) bond motifs is 1. The summed E-state index contributed by atoms with van der Waals surface area (Å²) < 4.78 is 7.63.